The number of carbonyl (C=O) groups is 1. The van der Waals surface area contributed by atoms with Gasteiger partial charge in [-0.3, -0.25) is 4.79 Å². The Kier molecular flexibility index (Phi) is 4.56. The molecule has 1 aromatic carbocycles. The van der Waals surface area contributed by atoms with Gasteiger partial charge in [-0.15, -0.1) is 0 Å². The van der Waals surface area contributed by atoms with E-state index < -0.39 is 0 Å². The highest BCUT2D eigenvalue weighted by Gasteiger charge is 2.12. The SMILES string of the molecule is Cc1cc(C(=O)NC(C)c2ccc(C#N)cc2)cc(Cl)n1. The molecule has 4 nitrogen and oxygen atoms in total. The van der Waals surface area contributed by atoms with Crippen molar-refractivity contribution in [1.82, 2.24) is 10.3 Å². The summed E-state index contributed by atoms with van der Waals surface area (Å²) in [7, 11) is 0. The second-order valence-corrected chi connectivity index (χ2v) is 5.14. The Hall–Kier alpha value is -2.38. The molecule has 1 atom stereocenters. The summed E-state index contributed by atoms with van der Waals surface area (Å²) in [6.45, 7) is 3.67. The number of pyridine rings is 1. The van der Waals surface area contributed by atoms with E-state index in [0.717, 1.165) is 5.56 Å². The maximum atomic E-state index is 12.2. The lowest BCUT2D eigenvalue weighted by Crippen LogP contribution is -2.26. The van der Waals surface area contributed by atoms with Gasteiger partial charge < -0.3 is 5.32 Å². The van der Waals surface area contributed by atoms with Crippen molar-refractivity contribution in [1.29, 1.82) is 5.26 Å². The quantitative estimate of drug-likeness (QED) is 0.883. The molecule has 0 bridgehead atoms. The zero-order valence-electron chi connectivity index (χ0n) is 11.7. The molecule has 106 valence electrons. The zero-order valence-corrected chi connectivity index (χ0v) is 12.5. The van der Waals surface area contributed by atoms with Crippen molar-refractivity contribution in [3.63, 3.8) is 0 Å². The topological polar surface area (TPSA) is 65.8 Å². The Morgan fingerprint density at radius 2 is 2.00 bits per heavy atom. The minimum absolute atomic E-state index is 0.169. The van der Waals surface area contributed by atoms with Crippen molar-refractivity contribution in [3.8, 4) is 6.07 Å². The molecule has 1 unspecified atom stereocenters. The minimum Gasteiger partial charge on any atom is -0.346 e. The summed E-state index contributed by atoms with van der Waals surface area (Å²) in [5.41, 5.74) is 2.69. The number of hydrogen-bond acceptors (Lipinski definition) is 3. The maximum Gasteiger partial charge on any atom is 0.251 e. The fourth-order valence-corrected chi connectivity index (χ4v) is 2.22. The van der Waals surface area contributed by atoms with Crippen LogP contribution in [0.15, 0.2) is 36.4 Å². The number of hydrogen-bond donors (Lipinski definition) is 1. The fraction of sp³-hybridized carbons (Fsp3) is 0.188. The summed E-state index contributed by atoms with van der Waals surface area (Å²) >= 11 is 5.86. The molecule has 0 aliphatic heterocycles. The third-order valence-corrected chi connectivity index (χ3v) is 3.27. The molecule has 21 heavy (non-hydrogen) atoms. The highest BCUT2D eigenvalue weighted by atomic mass is 35.5. The van der Waals surface area contributed by atoms with Crippen molar-refractivity contribution in [3.05, 3.63) is 63.9 Å². The predicted molar refractivity (Wildman–Crippen MR) is 81.0 cm³/mol. The molecule has 5 heteroatoms. The summed E-state index contributed by atoms with van der Waals surface area (Å²) in [5, 5.41) is 12.0. The number of halogens is 1. The number of aromatic nitrogens is 1. The van der Waals surface area contributed by atoms with Crippen LogP contribution in [0.4, 0.5) is 0 Å². The highest BCUT2D eigenvalue weighted by molar-refractivity contribution is 6.29. The molecule has 0 fully saturated rings. The van der Waals surface area contributed by atoms with Crippen LogP contribution in [0, 0.1) is 18.3 Å². The molecular formula is C16H14ClN3O. The average Bonchev–Trinajstić information content (AvgIpc) is 2.46. The maximum absolute atomic E-state index is 12.2. The van der Waals surface area contributed by atoms with Gasteiger partial charge in [0.05, 0.1) is 17.7 Å². The molecule has 0 saturated heterocycles. The van der Waals surface area contributed by atoms with Crippen LogP contribution in [-0.2, 0) is 0 Å². The summed E-state index contributed by atoms with van der Waals surface area (Å²) in [4.78, 5) is 16.2. The molecule has 0 saturated carbocycles. The number of nitrogens with one attached hydrogen (secondary N) is 1. The average molecular weight is 300 g/mol. The normalized spacial score (nSPS) is 11.5. The molecule has 1 heterocycles. The number of benzene rings is 1. The van der Waals surface area contributed by atoms with Gasteiger partial charge in [-0.2, -0.15) is 5.26 Å². The summed E-state index contributed by atoms with van der Waals surface area (Å²) in [6, 6.07) is 12.2. The van der Waals surface area contributed by atoms with Gasteiger partial charge in [0.1, 0.15) is 5.15 Å². The van der Waals surface area contributed by atoms with Gasteiger partial charge in [-0.05, 0) is 43.7 Å². The molecule has 0 spiro atoms. The van der Waals surface area contributed by atoms with Crippen LogP contribution < -0.4 is 5.32 Å². The van der Waals surface area contributed by atoms with Crippen molar-refractivity contribution in [2.24, 2.45) is 0 Å². The van der Waals surface area contributed by atoms with Crippen LogP contribution in [0.5, 0.6) is 0 Å². The summed E-state index contributed by atoms with van der Waals surface area (Å²) < 4.78 is 0. The van der Waals surface area contributed by atoms with E-state index in [2.05, 4.69) is 16.4 Å². The van der Waals surface area contributed by atoms with Gasteiger partial charge in [0.25, 0.3) is 5.91 Å². The minimum atomic E-state index is -0.209. The van der Waals surface area contributed by atoms with Gasteiger partial charge in [-0.25, -0.2) is 4.98 Å². The Morgan fingerprint density at radius 1 is 1.33 bits per heavy atom. The number of amides is 1. The van der Waals surface area contributed by atoms with Crippen molar-refractivity contribution >= 4 is 17.5 Å². The first-order valence-corrected chi connectivity index (χ1v) is 6.82. The van der Waals surface area contributed by atoms with Crippen LogP contribution in [-0.4, -0.2) is 10.9 Å². The first-order valence-electron chi connectivity index (χ1n) is 6.44. The summed E-state index contributed by atoms with van der Waals surface area (Å²) in [5.74, 6) is -0.209. The number of rotatable bonds is 3. The molecule has 1 amide bonds. The van der Waals surface area contributed by atoms with Crippen LogP contribution in [0.1, 0.15) is 40.1 Å². The second-order valence-electron chi connectivity index (χ2n) is 4.75. The third kappa shape index (κ3) is 3.80. The number of aryl methyl sites for hydroxylation is 1. The molecule has 2 aromatic rings. The second kappa shape index (κ2) is 6.38. The summed E-state index contributed by atoms with van der Waals surface area (Å²) in [6.07, 6.45) is 0. The largest absolute Gasteiger partial charge is 0.346 e. The molecule has 1 N–H and O–H groups in total. The fourth-order valence-electron chi connectivity index (χ4n) is 1.97. The van der Waals surface area contributed by atoms with Gasteiger partial charge in [0.2, 0.25) is 0 Å². The standard InChI is InChI=1S/C16H14ClN3O/c1-10-7-14(8-15(17)19-10)16(21)20-11(2)13-5-3-12(9-18)4-6-13/h3-8,11H,1-2H3,(H,20,21). The Morgan fingerprint density at radius 3 is 2.57 bits per heavy atom. The molecule has 0 aliphatic rings. The van der Waals surface area contributed by atoms with Gasteiger partial charge in [-0.1, -0.05) is 23.7 Å². The lowest BCUT2D eigenvalue weighted by molar-refractivity contribution is 0.0939. The first kappa shape index (κ1) is 15.0. The van der Waals surface area contributed by atoms with E-state index in [9.17, 15) is 4.79 Å². The third-order valence-electron chi connectivity index (χ3n) is 3.07. The van der Waals surface area contributed by atoms with Crippen LogP contribution in [0.25, 0.3) is 0 Å². The van der Waals surface area contributed by atoms with Crippen molar-refractivity contribution < 1.29 is 4.79 Å². The van der Waals surface area contributed by atoms with Crippen LogP contribution in [0.2, 0.25) is 5.15 Å². The van der Waals surface area contributed by atoms with E-state index >= 15 is 0 Å². The highest BCUT2D eigenvalue weighted by Crippen LogP contribution is 2.15. The van der Waals surface area contributed by atoms with E-state index in [-0.39, 0.29) is 11.9 Å². The van der Waals surface area contributed by atoms with Crippen molar-refractivity contribution in [2.75, 3.05) is 0 Å². The smallest absolute Gasteiger partial charge is 0.251 e. The van der Waals surface area contributed by atoms with Gasteiger partial charge in [0.15, 0.2) is 0 Å². The Balaban J connectivity index is 2.12. The Labute approximate surface area is 128 Å². The van der Waals surface area contributed by atoms with Crippen LogP contribution in [0.3, 0.4) is 0 Å². The number of carbonyl (C=O) groups excluding carboxylic acids is 1. The molecular weight excluding hydrogens is 286 g/mol. The molecule has 0 radical (unpaired) electrons. The molecule has 1 aromatic heterocycles. The van der Waals surface area contributed by atoms with E-state index in [1.807, 2.05) is 19.1 Å². The monoisotopic (exact) mass is 299 g/mol. The first-order chi connectivity index (χ1) is 9.99. The van der Waals surface area contributed by atoms with Gasteiger partial charge >= 0.3 is 0 Å². The number of nitriles is 1. The predicted octanol–water partition coefficient (Wildman–Crippen LogP) is 3.41. The van der Waals surface area contributed by atoms with Crippen molar-refractivity contribution in [2.45, 2.75) is 19.9 Å². The van der Waals surface area contributed by atoms with Crippen LogP contribution >= 0.6 is 11.6 Å². The number of nitrogens with zero attached hydrogens (tertiary/aromatic N) is 2. The van der Waals surface area contributed by atoms with E-state index in [1.165, 1.54) is 6.07 Å². The van der Waals surface area contributed by atoms with E-state index in [0.29, 0.717) is 22.0 Å². The lowest BCUT2D eigenvalue weighted by atomic mass is 10.1. The zero-order chi connectivity index (χ0) is 15.4. The van der Waals surface area contributed by atoms with E-state index in [4.69, 9.17) is 16.9 Å². The Bertz CT molecular complexity index is 684. The molecule has 2 rings (SSSR count). The van der Waals surface area contributed by atoms with E-state index in [1.54, 1.807) is 25.1 Å². The van der Waals surface area contributed by atoms with Gasteiger partial charge in [0, 0.05) is 11.3 Å². The molecule has 0 aliphatic carbocycles. The lowest BCUT2D eigenvalue weighted by Gasteiger charge is -2.14.